The number of carbonyl (C=O) groups is 1. The second-order valence-corrected chi connectivity index (χ2v) is 10.4. The van der Waals surface area contributed by atoms with Gasteiger partial charge in [-0.05, 0) is 30.2 Å². The van der Waals surface area contributed by atoms with Crippen LogP contribution < -0.4 is 4.31 Å². The Morgan fingerprint density at radius 1 is 1.03 bits per heavy atom. The summed E-state index contributed by atoms with van der Waals surface area (Å²) in [7, 11) is -3.56. The van der Waals surface area contributed by atoms with Crippen molar-refractivity contribution in [1.29, 1.82) is 0 Å². The van der Waals surface area contributed by atoms with E-state index in [1.165, 1.54) is 15.9 Å². The van der Waals surface area contributed by atoms with Crippen molar-refractivity contribution in [2.45, 2.75) is 19.4 Å². The number of amides is 1. The number of piperazine rings is 1. The fourth-order valence-electron chi connectivity index (χ4n) is 3.67. The van der Waals surface area contributed by atoms with Crippen molar-refractivity contribution in [2.24, 2.45) is 0 Å². The van der Waals surface area contributed by atoms with Crippen LogP contribution in [0.4, 0.5) is 5.69 Å². The normalized spacial score (nSPS) is 15.1. The van der Waals surface area contributed by atoms with Gasteiger partial charge in [0.1, 0.15) is 0 Å². The van der Waals surface area contributed by atoms with E-state index in [1.54, 1.807) is 12.1 Å². The van der Waals surface area contributed by atoms with E-state index < -0.39 is 10.0 Å². The molecule has 0 aliphatic carbocycles. The second-order valence-electron chi connectivity index (χ2n) is 7.68. The number of hydrogen-bond donors (Lipinski definition) is 0. The van der Waals surface area contributed by atoms with Crippen LogP contribution in [0.25, 0.3) is 0 Å². The molecule has 0 saturated carbocycles. The molecule has 0 radical (unpaired) electrons. The van der Waals surface area contributed by atoms with Crippen LogP contribution in [0.2, 0.25) is 10.0 Å². The summed E-state index contributed by atoms with van der Waals surface area (Å²) < 4.78 is 25.8. The number of carbonyl (C=O) groups excluding carboxylic acids is 1. The van der Waals surface area contributed by atoms with Crippen LogP contribution in [0.3, 0.4) is 0 Å². The van der Waals surface area contributed by atoms with Crippen LogP contribution in [0.1, 0.15) is 18.4 Å². The molecule has 6 nitrogen and oxygen atoms in total. The van der Waals surface area contributed by atoms with Crippen molar-refractivity contribution in [2.75, 3.05) is 43.3 Å². The first-order chi connectivity index (χ1) is 14.7. The Hall–Kier alpha value is -1.80. The maximum atomic E-state index is 12.6. The highest BCUT2D eigenvalue weighted by molar-refractivity contribution is 7.92. The van der Waals surface area contributed by atoms with Crippen LogP contribution in [0, 0.1) is 0 Å². The molecule has 0 bridgehead atoms. The van der Waals surface area contributed by atoms with E-state index in [-0.39, 0.29) is 18.9 Å². The summed E-state index contributed by atoms with van der Waals surface area (Å²) in [6.45, 7) is 4.07. The van der Waals surface area contributed by atoms with Gasteiger partial charge in [-0.25, -0.2) is 8.42 Å². The molecule has 168 valence electrons. The zero-order valence-corrected chi connectivity index (χ0v) is 19.8. The number of benzene rings is 2. The molecule has 0 aromatic heterocycles. The Kier molecular flexibility index (Phi) is 8.22. The third-order valence-electron chi connectivity index (χ3n) is 5.30. The van der Waals surface area contributed by atoms with Crippen LogP contribution >= 0.6 is 23.2 Å². The van der Waals surface area contributed by atoms with Gasteiger partial charge in [0.25, 0.3) is 0 Å². The topological polar surface area (TPSA) is 60.9 Å². The van der Waals surface area contributed by atoms with Gasteiger partial charge in [0.15, 0.2) is 0 Å². The van der Waals surface area contributed by atoms with E-state index in [4.69, 9.17) is 23.2 Å². The number of halogens is 2. The van der Waals surface area contributed by atoms with Gasteiger partial charge >= 0.3 is 0 Å². The molecule has 3 rings (SSSR count). The van der Waals surface area contributed by atoms with Crippen molar-refractivity contribution in [1.82, 2.24) is 9.80 Å². The van der Waals surface area contributed by atoms with Crippen molar-refractivity contribution < 1.29 is 13.2 Å². The molecule has 1 amide bonds. The molecule has 0 unspecified atom stereocenters. The molecule has 1 fully saturated rings. The highest BCUT2D eigenvalue weighted by Crippen LogP contribution is 2.31. The minimum absolute atomic E-state index is 0.0463. The summed E-state index contributed by atoms with van der Waals surface area (Å²) in [5.74, 6) is 0.0463. The van der Waals surface area contributed by atoms with Gasteiger partial charge in [0.2, 0.25) is 15.9 Å². The summed E-state index contributed by atoms with van der Waals surface area (Å²) in [6.07, 6.45) is 1.81. The Balaban J connectivity index is 1.50. The Labute approximate surface area is 194 Å². The number of hydrogen-bond acceptors (Lipinski definition) is 4. The minimum Gasteiger partial charge on any atom is -0.340 e. The molecule has 2 aromatic rings. The van der Waals surface area contributed by atoms with Crippen LogP contribution in [-0.4, -0.2) is 63.1 Å². The molecule has 0 atom stereocenters. The lowest BCUT2D eigenvalue weighted by molar-refractivity contribution is -0.133. The third-order valence-corrected chi connectivity index (χ3v) is 7.04. The van der Waals surface area contributed by atoms with Gasteiger partial charge in [-0.3, -0.25) is 14.0 Å². The number of sulfonamides is 1. The molecule has 31 heavy (non-hydrogen) atoms. The number of rotatable bonds is 8. The molecule has 1 aliphatic heterocycles. The van der Waals surface area contributed by atoms with Crippen molar-refractivity contribution in [3.8, 4) is 0 Å². The Morgan fingerprint density at radius 2 is 1.71 bits per heavy atom. The molecule has 1 heterocycles. The van der Waals surface area contributed by atoms with Crippen molar-refractivity contribution >= 4 is 44.8 Å². The molecule has 0 N–H and O–H groups in total. The zero-order chi connectivity index (χ0) is 22.4. The first-order valence-electron chi connectivity index (χ1n) is 10.2. The maximum absolute atomic E-state index is 12.6. The summed E-state index contributed by atoms with van der Waals surface area (Å²) in [4.78, 5) is 16.8. The lowest BCUT2D eigenvalue weighted by atomic mass is 10.2. The average Bonchev–Trinajstić information content (AvgIpc) is 2.73. The predicted octanol–water partition coefficient (Wildman–Crippen LogP) is 3.88. The summed E-state index contributed by atoms with van der Waals surface area (Å²) in [5, 5.41) is 0.702. The minimum atomic E-state index is -3.56. The summed E-state index contributed by atoms with van der Waals surface area (Å²) in [5.41, 5.74) is 1.60. The standard InChI is InChI=1S/C22H27Cl2N3O3S/c1-31(29,30)27(21-16-19(23)9-10-20(21)24)11-5-8-22(28)26-14-12-25(13-15-26)17-18-6-3-2-4-7-18/h2-4,6-7,9-10,16H,5,8,11-15,17H2,1H3. The van der Waals surface area contributed by atoms with E-state index in [0.717, 1.165) is 25.9 Å². The fourth-order valence-corrected chi connectivity index (χ4v) is 5.08. The fraction of sp³-hybridized carbons (Fsp3) is 0.409. The molecule has 2 aromatic carbocycles. The van der Waals surface area contributed by atoms with Gasteiger partial charge in [0.05, 0.1) is 17.0 Å². The van der Waals surface area contributed by atoms with Gasteiger partial charge in [0, 0.05) is 50.7 Å². The lowest BCUT2D eigenvalue weighted by Crippen LogP contribution is -2.48. The van der Waals surface area contributed by atoms with Gasteiger partial charge in [-0.1, -0.05) is 53.5 Å². The zero-order valence-electron chi connectivity index (χ0n) is 17.5. The number of nitrogens with zero attached hydrogens (tertiary/aromatic N) is 3. The molecular weight excluding hydrogens is 457 g/mol. The molecule has 1 aliphatic rings. The summed E-state index contributed by atoms with van der Waals surface area (Å²) >= 11 is 12.2. The SMILES string of the molecule is CS(=O)(=O)N(CCCC(=O)N1CCN(Cc2ccccc2)CC1)c1cc(Cl)ccc1Cl. The van der Waals surface area contributed by atoms with Crippen LogP contribution in [0.5, 0.6) is 0 Å². The van der Waals surface area contributed by atoms with Gasteiger partial charge in [-0.15, -0.1) is 0 Å². The smallest absolute Gasteiger partial charge is 0.232 e. The maximum Gasteiger partial charge on any atom is 0.232 e. The second kappa shape index (κ2) is 10.7. The first kappa shape index (κ1) is 23.9. The van der Waals surface area contributed by atoms with Crippen LogP contribution in [-0.2, 0) is 21.4 Å². The summed E-state index contributed by atoms with van der Waals surface area (Å²) in [6, 6.07) is 15.0. The monoisotopic (exact) mass is 483 g/mol. The first-order valence-corrected chi connectivity index (χ1v) is 12.8. The van der Waals surface area contributed by atoms with Crippen molar-refractivity contribution in [3.63, 3.8) is 0 Å². The highest BCUT2D eigenvalue weighted by Gasteiger charge is 2.23. The van der Waals surface area contributed by atoms with Crippen molar-refractivity contribution in [3.05, 3.63) is 64.1 Å². The van der Waals surface area contributed by atoms with Gasteiger partial charge < -0.3 is 4.90 Å². The number of anilines is 1. The predicted molar refractivity (Wildman–Crippen MR) is 126 cm³/mol. The van der Waals surface area contributed by atoms with E-state index in [0.29, 0.717) is 35.2 Å². The van der Waals surface area contributed by atoms with Crippen LogP contribution in [0.15, 0.2) is 48.5 Å². The Bertz CT molecular complexity index is 994. The quantitative estimate of drug-likeness (QED) is 0.571. The molecule has 1 saturated heterocycles. The molecular formula is C22H27Cl2N3O3S. The van der Waals surface area contributed by atoms with E-state index in [1.807, 2.05) is 23.1 Å². The third kappa shape index (κ3) is 6.84. The highest BCUT2D eigenvalue weighted by atomic mass is 35.5. The van der Waals surface area contributed by atoms with E-state index in [2.05, 4.69) is 17.0 Å². The molecule has 0 spiro atoms. The molecule has 9 heteroatoms. The Morgan fingerprint density at radius 3 is 2.35 bits per heavy atom. The van der Waals surface area contributed by atoms with Gasteiger partial charge in [-0.2, -0.15) is 0 Å². The average molecular weight is 484 g/mol. The van der Waals surface area contributed by atoms with E-state index >= 15 is 0 Å². The largest absolute Gasteiger partial charge is 0.340 e. The van der Waals surface area contributed by atoms with E-state index in [9.17, 15) is 13.2 Å². The lowest BCUT2D eigenvalue weighted by Gasteiger charge is -2.35.